The van der Waals surface area contributed by atoms with E-state index in [4.69, 9.17) is 18.9 Å². The summed E-state index contributed by atoms with van der Waals surface area (Å²) in [7, 11) is 1.75. The third kappa shape index (κ3) is 6.72. The van der Waals surface area contributed by atoms with Crippen LogP contribution in [0.15, 0.2) is 60.7 Å². The Kier molecular flexibility index (Phi) is 9.23. The first-order valence-electron chi connectivity index (χ1n) is 15.1. The van der Waals surface area contributed by atoms with Gasteiger partial charge >= 0.3 is 0 Å². The lowest BCUT2D eigenvalue weighted by Gasteiger charge is -2.33. The van der Waals surface area contributed by atoms with E-state index in [1.54, 1.807) is 7.11 Å². The van der Waals surface area contributed by atoms with E-state index in [0.717, 1.165) is 85.2 Å². The van der Waals surface area contributed by atoms with Gasteiger partial charge in [0.2, 0.25) is 5.91 Å². The maximum Gasteiger partial charge on any atom is 0.224 e. The van der Waals surface area contributed by atoms with E-state index in [9.17, 15) is 4.79 Å². The number of carbonyl (C=O) groups is 1. The number of rotatable bonds is 11. The van der Waals surface area contributed by atoms with Gasteiger partial charge in [-0.05, 0) is 66.8 Å². The minimum absolute atomic E-state index is 0.0630. The van der Waals surface area contributed by atoms with Crippen LogP contribution in [0.2, 0.25) is 0 Å². The van der Waals surface area contributed by atoms with Crippen molar-refractivity contribution in [2.75, 3.05) is 56.7 Å². The normalized spacial score (nSPS) is 19.8. The number of ether oxygens (including phenoxy) is 4. The topological polar surface area (TPSA) is 81.3 Å². The van der Waals surface area contributed by atoms with Crippen LogP contribution in [0, 0.1) is 0 Å². The highest BCUT2D eigenvalue weighted by Gasteiger charge is 2.28. The Labute approximate surface area is 248 Å². The van der Waals surface area contributed by atoms with Crippen LogP contribution >= 0.6 is 0 Å². The van der Waals surface area contributed by atoms with E-state index >= 15 is 0 Å². The molecule has 2 unspecified atom stereocenters. The minimum Gasteiger partial charge on any atom is -0.490 e. The summed E-state index contributed by atoms with van der Waals surface area (Å²) in [5, 5.41) is 6.47. The Hall–Kier alpha value is -3.59. The summed E-state index contributed by atoms with van der Waals surface area (Å²) in [6, 6.07) is 21.0. The van der Waals surface area contributed by atoms with Crippen molar-refractivity contribution >= 4 is 17.3 Å². The van der Waals surface area contributed by atoms with Crippen molar-refractivity contribution in [3.8, 4) is 11.5 Å². The molecule has 2 N–H and O–H groups in total. The predicted molar refractivity (Wildman–Crippen MR) is 164 cm³/mol. The highest BCUT2D eigenvalue weighted by molar-refractivity contribution is 5.94. The maximum atomic E-state index is 11.7. The zero-order chi connectivity index (χ0) is 28.7. The van der Waals surface area contributed by atoms with Crippen molar-refractivity contribution < 1.29 is 23.7 Å². The molecule has 8 heteroatoms. The average molecular weight is 572 g/mol. The summed E-state index contributed by atoms with van der Waals surface area (Å²) in [6.07, 6.45) is 3.32. The molecule has 1 saturated heterocycles. The number of hydrogen-bond donors (Lipinski definition) is 2. The van der Waals surface area contributed by atoms with Gasteiger partial charge < -0.3 is 34.5 Å². The van der Waals surface area contributed by atoms with Crippen LogP contribution in [0.1, 0.15) is 47.4 Å². The van der Waals surface area contributed by atoms with Gasteiger partial charge in [-0.2, -0.15) is 0 Å². The Bertz CT molecular complexity index is 1360. The number of anilines is 2. The molecule has 0 radical (unpaired) electrons. The number of amides is 1. The molecular weight excluding hydrogens is 530 g/mol. The van der Waals surface area contributed by atoms with Crippen molar-refractivity contribution in [2.45, 2.75) is 50.9 Å². The molecule has 6 rings (SSSR count). The molecule has 0 saturated carbocycles. The molecule has 222 valence electrons. The molecule has 0 bridgehead atoms. The second-order valence-electron chi connectivity index (χ2n) is 11.3. The van der Waals surface area contributed by atoms with Gasteiger partial charge in [-0.15, -0.1) is 0 Å². The third-order valence-corrected chi connectivity index (χ3v) is 8.46. The molecule has 1 amide bonds. The van der Waals surface area contributed by atoms with E-state index in [2.05, 4.69) is 58.0 Å². The summed E-state index contributed by atoms with van der Waals surface area (Å²) in [5.41, 5.74) is 6.67. The first-order valence-corrected chi connectivity index (χ1v) is 15.1. The second kappa shape index (κ2) is 13.6. The Balaban J connectivity index is 1.07. The number of piperidine rings is 1. The van der Waals surface area contributed by atoms with Crippen LogP contribution in [0.25, 0.3) is 0 Å². The number of nitrogens with zero attached hydrogens (tertiary/aromatic N) is 1. The van der Waals surface area contributed by atoms with Gasteiger partial charge in [0.25, 0.3) is 0 Å². The standard InChI is InChI=1S/C34H41N3O5/c1-39-18-3-16-37-17-19-40-32-12-8-25(20-30(32)37)23-42-33-21-35-15-14-27(33)26-9-6-24(7-10-26)22-41-31-5-2-4-29-28(31)11-13-34(38)36-29/h2,4-10,12,20,27,33,35H,3,11,13-19,21-23H2,1H3,(H,36,38). The molecule has 2 atom stereocenters. The fourth-order valence-corrected chi connectivity index (χ4v) is 6.18. The maximum absolute atomic E-state index is 11.7. The van der Waals surface area contributed by atoms with Crippen LogP contribution in [0.4, 0.5) is 11.4 Å². The predicted octanol–water partition coefficient (Wildman–Crippen LogP) is 5.05. The average Bonchev–Trinajstić information content (AvgIpc) is 3.03. The first kappa shape index (κ1) is 28.5. The number of methoxy groups -OCH3 is 1. The highest BCUT2D eigenvalue weighted by atomic mass is 16.5. The number of hydrogen-bond acceptors (Lipinski definition) is 7. The Morgan fingerprint density at radius 1 is 1.02 bits per heavy atom. The summed E-state index contributed by atoms with van der Waals surface area (Å²) < 4.78 is 23.9. The number of nitrogens with one attached hydrogen (secondary N) is 2. The van der Waals surface area contributed by atoms with Gasteiger partial charge in [0.15, 0.2) is 0 Å². The van der Waals surface area contributed by atoms with Crippen LogP contribution in [-0.2, 0) is 33.9 Å². The summed E-state index contributed by atoms with van der Waals surface area (Å²) in [5.74, 6) is 2.18. The summed E-state index contributed by atoms with van der Waals surface area (Å²) >= 11 is 0. The molecular formula is C34H41N3O5. The zero-order valence-corrected chi connectivity index (χ0v) is 24.4. The quantitative estimate of drug-likeness (QED) is 0.312. The molecule has 3 aromatic carbocycles. The molecule has 0 aliphatic carbocycles. The van der Waals surface area contributed by atoms with Gasteiger partial charge in [0, 0.05) is 50.4 Å². The van der Waals surface area contributed by atoms with E-state index < -0.39 is 0 Å². The SMILES string of the molecule is COCCCN1CCOc2ccc(COC3CNCCC3c3ccc(COc4cccc5c4CCC(=O)N5)cc3)cc21. The smallest absolute Gasteiger partial charge is 0.224 e. The fourth-order valence-electron chi connectivity index (χ4n) is 6.18. The van der Waals surface area contributed by atoms with Gasteiger partial charge in [0.05, 0.1) is 24.9 Å². The van der Waals surface area contributed by atoms with Crippen molar-refractivity contribution in [3.05, 3.63) is 82.9 Å². The first-order chi connectivity index (χ1) is 20.7. The van der Waals surface area contributed by atoms with Crippen LogP contribution in [0.3, 0.4) is 0 Å². The third-order valence-electron chi connectivity index (χ3n) is 8.46. The Morgan fingerprint density at radius 2 is 1.90 bits per heavy atom. The zero-order valence-electron chi connectivity index (χ0n) is 24.4. The largest absolute Gasteiger partial charge is 0.490 e. The number of carbonyl (C=O) groups excluding carboxylic acids is 1. The molecule has 3 aliphatic heterocycles. The lowest BCUT2D eigenvalue weighted by molar-refractivity contribution is -0.116. The van der Waals surface area contributed by atoms with Crippen molar-refractivity contribution in [1.29, 1.82) is 0 Å². The second-order valence-corrected chi connectivity index (χ2v) is 11.3. The van der Waals surface area contributed by atoms with Gasteiger partial charge in [-0.25, -0.2) is 0 Å². The number of benzene rings is 3. The van der Waals surface area contributed by atoms with Crippen molar-refractivity contribution in [2.24, 2.45) is 0 Å². The molecule has 0 spiro atoms. The van der Waals surface area contributed by atoms with Crippen LogP contribution in [0.5, 0.6) is 11.5 Å². The lowest BCUT2D eigenvalue weighted by atomic mass is 9.87. The van der Waals surface area contributed by atoms with E-state index in [1.807, 2.05) is 18.2 Å². The Morgan fingerprint density at radius 3 is 2.79 bits per heavy atom. The van der Waals surface area contributed by atoms with Crippen LogP contribution in [-0.4, -0.2) is 58.5 Å². The molecule has 0 aromatic heterocycles. The molecule has 8 nitrogen and oxygen atoms in total. The van der Waals surface area contributed by atoms with Crippen molar-refractivity contribution in [1.82, 2.24) is 5.32 Å². The van der Waals surface area contributed by atoms with Gasteiger partial charge in [0.1, 0.15) is 24.7 Å². The summed E-state index contributed by atoms with van der Waals surface area (Å²) in [4.78, 5) is 14.1. The molecule has 42 heavy (non-hydrogen) atoms. The molecule has 3 heterocycles. The highest BCUT2D eigenvalue weighted by Crippen LogP contribution is 2.35. The van der Waals surface area contributed by atoms with Crippen molar-refractivity contribution in [3.63, 3.8) is 0 Å². The molecule has 1 fully saturated rings. The van der Waals surface area contributed by atoms with E-state index in [1.165, 1.54) is 5.56 Å². The summed E-state index contributed by atoms with van der Waals surface area (Å²) in [6.45, 7) is 6.19. The number of fused-ring (bicyclic) bond motifs is 2. The molecule has 3 aromatic rings. The van der Waals surface area contributed by atoms with E-state index in [0.29, 0.717) is 38.6 Å². The van der Waals surface area contributed by atoms with E-state index in [-0.39, 0.29) is 12.0 Å². The minimum atomic E-state index is 0.0630. The fraction of sp³-hybridized carbons (Fsp3) is 0.441. The van der Waals surface area contributed by atoms with Gasteiger partial charge in [-0.1, -0.05) is 36.4 Å². The monoisotopic (exact) mass is 571 g/mol. The lowest BCUT2D eigenvalue weighted by Crippen LogP contribution is -2.41. The van der Waals surface area contributed by atoms with Gasteiger partial charge in [-0.3, -0.25) is 4.79 Å². The van der Waals surface area contributed by atoms with Crippen LogP contribution < -0.4 is 25.0 Å². The molecule has 3 aliphatic rings.